The molecule has 2 rings (SSSR count). The first-order valence-electron chi connectivity index (χ1n) is 7.67. The quantitative estimate of drug-likeness (QED) is 0.874. The zero-order valence-corrected chi connectivity index (χ0v) is 12.7. The second-order valence-electron chi connectivity index (χ2n) is 5.93. The van der Waals surface area contributed by atoms with Crippen molar-refractivity contribution in [2.24, 2.45) is 0 Å². The van der Waals surface area contributed by atoms with E-state index >= 15 is 0 Å². The molecule has 1 aromatic rings. The monoisotopic (exact) mass is 260 g/mol. The lowest BCUT2D eigenvalue weighted by molar-refractivity contribution is 0.250. The molecular formula is C17H28N2. The molecular weight excluding hydrogens is 232 g/mol. The molecule has 1 aliphatic rings. The molecule has 1 N–H and O–H groups in total. The number of benzene rings is 1. The van der Waals surface area contributed by atoms with Gasteiger partial charge in [-0.25, -0.2) is 0 Å². The van der Waals surface area contributed by atoms with Gasteiger partial charge in [0, 0.05) is 13.1 Å². The maximum Gasteiger partial charge on any atom is 0.00472 e. The first-order chi connectivity index (χ1) is 9.24. The Morgan fingerprint density at radius 2 is 2.26 bits per heavy atom. The molecule has 2 atom stereocenters. The molecule has 19 heavy (non-hydrogen) atoms. The number of rotatable bonds is 5. The van der Waals surface area contributed by atoms with Gasteiger partial charge < -0.3 is 10.2 Å². The number of piperidine rings is 1. The summed E-state index contributed by atoms with van der Waals surface area (Å²) in [6, 6.07) is 9.31. The highest BCUT2D eigenvalue weighted by Crippen LogP contribution is 2.29. The molecule has 1 aromatic carbocycles. The fourth-order valence-electron chi connectivity index (χ4n) is 3.25. The molecule has 1 aliphatic heterocycles. The molecule has 2 nitrogen and oxygen atoms in total. The molecule has 1 heterocycles. The van der Waals surface area contributed by atoms with Gasteiger partial charge in [0.25, 0.3) is 0 Å². The standard InChI is InChI=1S/C17H28N2/c1-4-14(12-18-2)15-7-5-8-16(11-15)17-9-6-10-19(3)13-17/h5,7-8,11,14,17-18H,4,6,9-10,12-13H2,1-3H3. The predicted octanol–water partition coefficient (Wildman–Crippen LogP) is 3.21. The second kappa shape index (κ2) is 7.06. The van der Waals surface area contributed by atoms with Gasteiger partial charge in [0.05, 0.1) is 0 Å². The molecule has 0 aromatic heterocycles. The first-order valence-corrected chi connectivity index (χ1v) is 7.67. The Hall–Kier alpha value is -0.860. The van der Waals surface area contributed by atoms with Crippen LogP contribution in [0.3, 0.4) is 0 Å². The first kappa shape index (κ1) is 14.5. The van der Waals surface area contributed by atoms with Crippen molar-refractivity contribution in [3.05, 3.63) is 35.4 Å². The maximum absolute atomic E-state index is 3.32. The van der Waals surface area contributed by atoms with E-state index in [1.165, 1.54) is 37.9 Å². The SMILES string of the molecule is CCC(CNC)c1cccc(C2CCCN(C)C2)c1. The maximum atomic E-state index is 3.32. The van der Waals surface area contributed by atoms with Crippen molar-refractivity contribution >= 4 is 0 Å². The Balaban J connectivity index is 2.13. The van der Waals surface area contributed by atoms with E-state index in [2.05, 4.69) is 48.5 Å². The van der Waals surface area contributed by atoms with Gasteiger partial charge in [-0.3, -0.25) is 0 Å². The average molecular weight is 260 g/mol. The van der Waals surface area contributed by atoms with E-state index in [1.54, 1.807) is 5.56 Å². The number of likely N-dealkylation sites (tertiary alicyclic amines) is 1. The third-order valence-electron chi connectivity index (χ3n) is 4.42. The van der Waals surface area contributed by atoms with Crippen LogP contribution in [0.25, 0.3) is 0 Å². The minimum atomic E-state index is 0.645. The van der Waals surface area contributed by atoms with Crippen LogP contribution in [0, 0.1) is 0 Å². The van der Waals surface area contributed by atoms with Crippen LogP contribution in [-0.4, -0.2) is 38.6 Å². The van der Waals surface area contributed by atoms with Crippen molar-refractivity contribution in [2.45, 2.75) is 38.0 Å². The van der Waals surface area contributed by atoms with Gasteiger partial charge in [0.15, 0.2) is 0 Å². The number of nitrogens with zero attached hydrogens (tertiary/aromatic N) is 1. The third-order valence-corrected chi connectivity index (χ3v) is 4.42. The highest BCUT2D eigenvalue weighted by Gasteiger charge is 2.19. The van der Waals surface area contributed by atoms with Crippen LogP contribution in [-0.2, 0) is 0 Å². The van der Waals surface area contributed by atoms with Crippen LogP contribution >= 0.6 is 0 Å². The van der Waals surface area contributed by atoms with E-state index in [9.17, 15) is 0 Å². The van der Waals surface area contributed by atoms with E-state index in [4.69, 9.17) is 0 Å². The van der Waals surface area contributed by atoms with Crippen molar-refractivity contribution in [3.8, 4) is 0 Å². The van der Waals surface area contributed by atoms with E-state index in [0.29, 0.717) is 5.92 Å². The molecule has 0 spiro atoms. The molecule has 1 saturated heterocycles. The average Bonchev–Trinajstić information content (AvgIpc) is 2.45. The van der Waals surface area contributed by atoms with E-state index in [-0.39, 0.29) is 0 Å². The van der Waals surface area contributed by atoms with Gasteiger partial charge in [0.1, 0.15) is 0 Å². The lowest BCUT2D eigenvalue weighted by Gasteiger charge is -2.30. The van der Waals surface area contributed by atoms with Gasteiger partial charge in [-0.1, -0.05) is 31.2 Å². The molecule has 106 valence electrons. The summed E-state index contributed by atoms with van der Waals surface area (Å²) in [6.07, 6.45) is 3.88. The fraction of sp³-hybridized carbons (Fsp3) is 0.647. The summed E-state index contributed by atoms with van der Waals surface area (Å²) < 4.78 is 0. The predicted molar refractivity (Wildman–Crippen MR) is 82.9 cm³/mol. The topological polar surface area (TPSA) is 15.3 Å². The fourth-order valence-corrected chi connectivity index (χ4v) is 3.25. The Morgan fingerprint density at radius 3 is 2.95 bits per heavy atom. The van der Waals surface area contributed by atoms with E-state index in [0.717, 1.165) is 12.5 Å². The summed E-state index contributed by atoms with van der Waals surface area (Å²) in [5, 5.41) is 3.32. The minimum Gasteiger partial charge on any atom is -0.319 e. The van der Waals surface area contributed by atoms with Crippen LogP contribution in [0.4, 0.5) is 0 Å². The number of nitrogens with one attached hydrogen (secondary N) is 1. The Morgan fingerprint density at radius 1 is 1.42 bits per heavy atom. The van der Waals surface area contributed by atoms with Crippen LogP contribution in [0.15, 0.2) is 24.3 Å². The molecule has 1 fully saturated rings. The molecule has 0 amide bonds. The zero-order chi connectivity index (χ0) is 13.7. The molecule has 0 aliphatic carbocycles. The van der Waals surface area contributed by atoms with Gasteiger partial charge in [-0.05, 0) is 62.9 Å². The van der Waals surface area contributed by atoms with Crippen molar-refractivity contribution in [2.75, 3.05) is 33.7 Å². The summed E-state index contributed by atoms with van der Waals surface area (Å²) in [5.41, 5.74) is 3.04. The number of hydrogen-bond donors (Lipinski definition) is 1. The largest absolute Gasteiger partial charge is 0.319 e. The van der Waals surface area contributed by atoms with Crippen LogP contribution in [0.2, 0.25) is 0 Å². The number of likely N-dealkylation sites (N-methyl/N-ethyl adjacent to an activating group) is 2. The third kappa shape index (κ3) is 3.80. The lowest BCUT2D eigenvalue weighted by atomic mass is 9.87. The second-order valence-corrected chi connectivity index (χ2v) is 5.93. The highest BCUT2D eigenvalue weighted by molar-refractivity contribution is 5.29. The minimum absolute atomic E-state index is 0.645. The summed E-state index contributed by atoms with van der Waals surface area (Å²) in [4.78, 5) is 2.46. The van der Waals surface area contributed by atoms with Crippen LogP contribution in [0.5, 0.6) is 0 Å². The molecule has 0 saturated carbocycles. The Kier molecular flexibility index (Phi) is 5.41. The van der Waals surface area contributed by atoms with Gasteiger partial charge in [0.2, 0.25) is 0 Å². The van der Waals surface area contributed by atoms with E-state index < -0.39 is 0 Å². The van der Waals surface area contributed by atoms with Gasteiger partial charge >= 0.3 is 0 Å². The van der Waals surface area contributed by atoms with Crippen LogP contribution < -0.4 is 5.32 Å². The molecule has 0 bridgehead atoms. The van der Waals surface area contributed by atoms with Gasteiger partial charge in [-0.15, -0.1) is 0 Å². The molecule has 2 heteroatoms. The lowest BCUT2D eigenvalue weighted by Crippen LogP contribution is -2.30. The summed E-state index contributed by atoms with van der Waals surface area (Å²) in [5.74, 6) is 1.37. The Bertz CT molecular complexity index is 389. The summed E-state index contributed by atoms with van der Waals surface area (Å²) >= 11 is 0. The van der Waals surface area contributed by atoms with Crippen molar-refractivity contribution in [3.63, 3.8) is 0 Å². The van der Waals surface area contributed by atoms with Crippen molar-refractivity contribution in [1.82, 2.24) is 10.2 Å². The summed E-state index contributed by atoms with van der Waals surface area (Å²) in [6.45, 7) is 5.83. The van der Waals surface area contributed by atoms with E-state index in [1.807, 2.05) is 7.05 Å². The smallest absolute Gasteiger partial charge is 0.00472 e. The Labute approximate surface area is 118 Å². The molecule has 2 unspecified atom stereocenters. The highest BCUT2D eigenvalue weighted by atomic mass is 15.1. The van der Waals surface area contributed by atoms with Crippen LogP contribution in [0.1, 0.15) is 49.1 Å². The van der Waals surface area contributed by atoms with Crippen molar-refractivity contribution in [1.29, 1.82) is 0 Å². The van der Waals surface area contributed by atoms with Gasteiger partial charge in [-0.2, -0.15) is 0 Å². The normalized spacial score (nSPS) is 22.4. The summed E-state index contributed by atoms with van der Waals surface area (Å²) in [7, 11) is 4.29. The molecule has 0 radical (unpaired) electrons. The van der Waals surface area contributed by atoms with Crippen molar-refractivity contribution < 1.29 is 0 Å². The zero-order valence-electron chi connectivity index (χ0n) is 12.7. The number of hydrogen-bond acceptors (Lipinski definition) is 2.